The molecule has 0 fully saturated rings. The Bertz CT molecular complexity index is 836. The van der Waals surface area contributed by atoms with Crippen LogP contribution in [0.2, 0.25) is 0 Å². The molecule has 0 aliphatic rings. The minimum atomic E-state index is -2.90. The number of aromatic nitrogens is 1. The zero-order valence-electron chi connectivity index (χ0n) is 17.3. The number of hydrogen-bond acceptors (Lipinski definition) is 4. The first-order chi connectivity index (χ1) is 13.6. The highest BCUT2D eigenvalue weighted by Crippen LogP contribution is 2.26. The first kappa shape index (κ1) is 22.9. The molecular formula is C22H28F3N3O. The Kier molecular flexibility index (Phi) is 7.81. The molecule has 0 aliphatic carbocycles. The Balaban J connectivity index is 2.35. The standard InChI is InChI=1S/C22H28F3N3O/c1-16(13-29)9-20-21(28(4)15-22(24,25)14-27(2)3)11-18(12-26-20)10-17-5-7-19(23)8-6-17/h5-9,11-12,29H,10,13-15H2,1-4H3/b16-9+. The van der Waals surface area contributed by atoms with Gasteiger partial charge in [-0.1, -0.05) is 12.1 Å². The van der Waals surface area contributed by atoms with Crippen molar-refractivity contribution in [3.05, 3.63) is 64.7 Å². The molecule has 0 bridgehead atoms. The van der Waals surface area contributed by atoms with Gasteiger partial charge in [0.2, 0.25) is 0 Å². The molecule has 0 radical (unpaired) electrons. The van der Waals surface area contributed by atoms with Crippen LogP contribution in [0.4, 0.5) is 18.9 Å². The van der Waals surface area contributed by atoms with Gasteiger partial charge in [-0.05, 0) is 68.4 Å². The fourth-order valence-electron chi connectivity index (χ4n) is 3.08. The second kappa shape index (κ2) is 9.89. The number of alkyl halides is 2. The third kappa shape index (κ3) is 7.18. The molecule has 2 aromatic rings. The maximum absolute atomic E-state index is 14.4. The number of benzene rings is 1. The van der Waals surface area contributed by atoms with Crippen molar-refractivity contribution in [2.24, 2.45) is 0 Å². The zero-order valence-corrected chi connectivity index (χ0v) is 17.3. The SMILES string of the molecule is C/C(=C\c1ncc(Cc2ccc(F)cc2)cc1N(C)CC(F)(F)CN(C)C)CO. The maximum atomic E-state index is 14.4. The highest BCUT2D eigenvalue weighted by molar-refractivity contribution is 5.66. The topological polar surface area (TPSA) is 39.6 Å². The summed E-state index contributed by atoms with van der Waals surface area (Å²) >= 11 is 0. The number of aliphatic hydroxyl groups excluding tert-OH is 1. The van der Waals surface area contributed by atoms with Crippen molar-refractivity contribution in [1.29, 1.82) is 0 Å². The van der Waals surface area contributed by atoms with Gasteiger partial charge in [-0.2, -0.15) is 0 Å². The molecule has 0 saturated heterocycles. The molecule has 1 heterocycles. The van der Waals surface area contributed by atoms with Crippen molar-refractivity contribution in [1.82, 2.24) is 9.88 Å². The number of anilines is 1. The van der Waals surface area contributed by atoms with E-state index in [0.29, 0.717) is 23.4 Å². The molecule has 0 aliphatic heterocycles. The number of pyridine rings is 1. The first-order valence-corrected chi connectivity index (χ1v) is 9.35. The fourth-order valence-corrected chi connectivity index (χ4v) is 3.08. The summed E-state index contributed by atoms with van der Waals surface area (Å²) in [5.74, 6) is -3.21. The summed E-state index contributed by atoms with van der Waals surface area (Å²) in [6.07, 6.45) is 3.87. The molecule has 1 aromatic carbocycles. The van der Waals surface area contributed by atoms with E-state index in [4.69, 9.17) is 0 Å². The van der Waals surface area contributed by atoms with E-state index in [1.165, 1.54) is 21.9 Å². The second-order valence-electron chi connectivity index (χ2n) is 7.65. The van der Waals surface area contributed by atoms with Crippen molar-refractivity contribution >= 4 is 11.8 Å². The van der Waals surface area contributed by atoms with E-state index >= 15 is 0 Å². The molecule has 1 N–H and O–H groups in total. The van der Waals surface area contributed by atoms with E-state index < -0.39 is 12.5 Å². The molecular weight excluding hydrogens is 379 g/mol. The summed E-state index contributed by atoms with van der Waals surface area (Å²) in [5, 5.41) is 9.32. The quantitative estimate of drug-likeness (QED) is 0.686. The smallest absolute Gasteiger partial charge is 0.277 e. The lowest BCUT2D eigenvalue weighted by Gasteiger charge is -2.28. The first-order valence-electron chi connectivity index (χ1n) is 9.35. The molecule has 4 nitrogen and oxygen atoms in total. The minimum Gasteiger partial charge on any atom is -0.392 e. The Morgan fingerprint density at radius 2 is 1.76 bits per heavy atom. The lowest BCUT2D eigenvalue weighted by molar-refractivity contribution is -0.0128. The molecule has 0 spiro atoms. The monoisotopic (exact) mass is 407 g/mol. The third-order valence-corrected chi connectivity index (χ3v) is 4.34. The predicted octanol–water partition coefficient (Wildman–Crippen LogP) is 3.84. The van der Waals surface area contributed by atoms with Gasteiger partial charge in [0.25, 0.3) is 5.92 Å². The molecule has 0 unspecified atom stereocenters. The van der Waals surface area contributed by atoms with E-state index in [1.807, 2.05) is 6.07 Å². The van der Waals surface area contributed by atoms with E-state index in [1.54, 1.807) is 52.5 Å². The number of rotatable bonds is 9. The van der Waals surface area contributed by atoms with Crippen LogP contribution in [0.1, 0.15) is 23.7 Å². The van der Waals surface area contributed by atoms with Crippen molar-refractivity contribution in [3.63, 3.8) is 0 Å². The Morgan fingerprint density at radius 1 is 1.10 bits per heavy atom. The Morgan fingerprint density at radius 3 is 2.34 bits per heavy atom. The number of aliphatic hydroxyl groups is 1. The highest BCUT2D eigenvalue weighted by Gasteiger charge is 2.32. The van der Waals surface area contributed by atoms with Gasteiger partial charge in [-0.3, -0.25) is 4.98 Å². The van der Waals surface area contributed by atoms with Crippen LogP contribution in [0.25, 0.3) is 6.08 Å². The van der Waals surface area contributed by atoms with Crippen LogP contribution >= 0.6 is 0 Å². The lowest BCUT2D eigenvalue weighted by Crippen LogP contribution is -2.42. The summed E-state index contributed by atoms with van der Waals surface area (Å²) in [4.78, 5) is 7.37. The van der Waals surface area contributed by atoms with Gasteiger partial charge in [-0.15, -0.1) is 0 Å². The van der Waals surface area contributed by atoms with Crippen LogP contribution < -0.4 is 4.90 Å². The van der Waals surface area contributed by atoms with E-state index in [0.717, 1.165) is 11.1 Å². The van der Waals surface area contributed by atoms with E-state index in [2.05, 4.69) is 4.98 Å². The van der Waals surface area contributed by atoms with Crippen LogP contribution in [0.15, 0.2) is 42.1 Å². The van der Waals surface area contributed by atoms with Crippen LogP contribution in [-0.4, -0.2) is 61.8 Å². The van der Waals surface area contributed by atoms with Crippen molar-refractivity contribution < 1.29 is 18.3 Å². The Labute approximate surface area is 170 Å². The van der Waals surface area contributed by atoms with Crippen molar-refractivity contribution in [3.8, 4) is 0 Å². The third-order valence-electron chi connectivity index (χ3n) is 4.34. The predicted molar refractivity (Wildman–Crippen MR) is 111 cm³/mol. The van der Waals surface area contributed by atoms with Gasteiger partial charge in [-0.25, -0.2) is 13.2 Å². The number of halogens is 3. The minimum absolute atomic E-state index is 0.140. The van der Waals surface area contributed by atoms with Gasteiger partial charge in [0.1, 0.15) is 5.82 Å². The van der Waals surface area contributed by atoms with E-state index in [9.17, 15) is 18.3 Å². The number of hydrogen-bond donors (Lipinski definition) is 1. The van der Waals surface area contributed by atoms with Crippen LogP contribution in [-0.2, 0) is 6.42 Å². The van der Waals surface area contributed by atoms with Crippen LogP contribution in [0.3, 0.4) is 0 Å². The zero-order chi connectivity index (χ0) is 21.6. The summed E-state index contributed by atoms with van der Waals surface area (Å²) in [6.45, 7) is 0.782. The maximum Gasteiger partial charge on any atom is 0.277 e. The van der Waals surface area contributed by atoms with Gasteiger partial charge < -0.3 is 14.9 Å². The molecule has 0 amide bonds. The average Bonchev–Trinajstić information content (AvgIpc) is 2.63. The summed E-state index contributed by atoms with van der Waals surface area (Å²) in [5.41, 5.74) is 3.47. The van der Waals surface area contributed by atoms with E-state index in [-0.39, 0.29) is 19.0 Å². The average molecular weight is 407 g/mol. The molecule has 1 aromatic heterocycles. The van der Waals surface area contributed by atoms with Crippen molar-refractivity contribution in [2.75, 3.05) is 45.7 Å². The Hall–Kier alpha value is -2.38. The normalized spacial score (nSPS) is 12.5. The van der Waals surface area contributed by atoms with Gasteiger partial charge in [0, 0.05) is 13.2 Å². The second-order valence-corrected chi connectivity index (χ2v) is 7.65. The van der Waals surface area contributed by atoms with Crippen molar-refractivity contribution in [2.45, 2.75) is 19.3 Å². The fraction of sp³-hybridized carbons (Fsp3) is 0.409. The van der Waals surface area contributed by atoms with Gasteiger partial charge >= 0.3 is 0 Å². The van der Waals surface area contributed by atoms with Gasteiger partial charge in [0.15, 0.2) is 0 Å². The van der Waals surface area contributed by atoms with Gasteiger partial charge in [0.05, 0.1) is 31.1 Å². The molecule has 0 atom stereocenters. The summed E-state index contributed by atoms with van der Waals surface area (Å²) in [7, 11) is 4.82. The highest BCUT2D eigenvalue weighted by atomic mass is 19.3. The molecule has 29 heavy (non-hydrogen) atoms. The molecule has 158 valence electrons. The summed E-state index contributed by atoms with van der Waals surface area (Å²) in [6, 6.07) is 7.97. The van der Waals surface area contributed by atoms with Crippen LogP contribution in [0.5, 0.6) is 0 Å². The number of nitrogens with zero attached hydrogens (tertiary/aromatic N) is 3. The molecule has 7 heteroatoms. The largest absolute Gasteiger partial charge is 0.392 e. The molecule has 2 rings (SSSR count). The summed E-state index contributed by atoms with van der Waals surface area (Å²) < 4.78 is 41.9. The molecule has 0 saturated carbocycles. The lowest BCUT2D eigenvalue weighted by atomic mass is 10.0. The van der Waals surface area contributed by atoms with Crippen LogP contribution in [0, 0.1) is 5.82 Å².